The zero-order valence-electron chi connectivity index (χ0n) is 16.4. The number of amides is 2. The summed E-state index contributed by atoms with van der Waals surface area (Å²) in [5.74, 6) is 1.78. The van der Waals surface area contributed by atoms with E-state index >= 15 is 0 Å². The van der Waals surface area contributed by atoms with Crippen molar-refractivity contribution in [1.29, 1.82) is 0 Å². The summed E-state index contributed by atoms with van der Waals surface area (Å²) in [7, 11) is 1.65. The van der Waals surface area contributed by atoms with Crippen molar-refractivity contribution >= 4 is 11.8 Å². The van der Waals surface area contributed by atoms with Gasteiger partial charge in [0.25, 0.3) is 0 Å². The number of hydrogen-bond acceptors (Lipinski definition) is 4. The van der Waals surface area contributed by atoms with E-state index in [2.05, 4.69) is 5.32 Å². The minimum Gasteiger partial charge on any atom is -0.497 e. The van der Waals surface area contributed by atoms with Gasteiger partial charge in [0.05, 0.1) is 7.11 Å². The molecule has 6 heteroatoms. The van der Waals surface area contributed by atoms with Crippen LogP contribution >= 0.6 is 0 Å². The van der Waals surface area contributed by atoms with Gasteiger partial charge in [-0.15, -0.1) is 0 Å². The van der Waals surface area contributed by atoms with E-state index in [1.807, 2.05) is 41.0 Å². The summed E-state index contributed by atoms with van der Waals surface area (Å²) in [4.78, 5) is 29.2. The molecule has 0 aromatic heterocycles. The third-order valence-electron chi connectivity index (χ3n) is 5.86. The van der Waals surface area contributed by atoms with Gasteiger partial charge in [-0.1, -0.05) is 19.1 Å². The molecule has 0 bridgehead atoms. The Hall–Kier alpha value is -2.08. The first-order valence-electron chi connectivity index (χ1n) is 9.98. The number of benzene rings is 1. The molecule has 0 radical (unpaired) electrons. The molecule has 1 aromatic carbocycles. The van der Waals surface area contributed by atoms with Gasteiger partial charge >= 0.3 is 0 Å². The highest BCUT2D eigenvalue weighted by atomic mass is 16.5. The molecule has 1 atom stereocenters. The first-order valence-corrected chi connectivity index (χ1v) is 9.98. The highest BCUT2D eigenvalue weighted by Gasteiger charge is 2.32. The predicted molar refractivity (Wildman–Crippen MR) is 105 cm³/mol. The molecule has 1 unspecified atom stereocenters. The molecular formula is C21H31N3O3. The Morgan fingerprint density at radius 1 is 1.11 bits per heavy atom. The van der Waals surface area contributed by atoms with Crippen molar-refractivity contribution < 1.29 is 14.3 Å². The number of rotatable bonds is 6. The van der Waals surface area contributed by atoms with Crippen LogP contribution in [0.1, 0.15) is 25.3 Å². The van der Waals surface area contributed by atoms with E-state index in [1.165, 1.54) is 0 Å². The maximum atomic E-state index is 12.7. The maximum absolute atomic E-state index is 12.7. The average molecular weight is 373 g/mol. The van der Waals surface area contributed by atoms with Gasteiger partial charge in [-0.3, -0.25) is 9.59 Å². The van der Waals surface area contributed by atoms with Crippen molar-refractivity contribution in [3.05, 3.63) is 29.8 Å². The number of nitrogens with one attached hydrogen (secondary N) is 1. The predicted octanol–water partition coefficient (Wildman–Crippen LogP) is 1.54. The average Bonchev–Trinajstić information content (AvgIpc) is 2.90. The van der Waals surface area contributed by atoms with Crippen LogP contribution in [0.2, 0.25) is 0 Å². The van der Waals surface area contributed by atoms with Gasteiger partial charge in [0.2, 0.25) is 11.8 Å². The van der Waals surface area contributed by atoms with Crippen LogP contribution in [0.25, 0.3) is 0 Å². The van der Waals surface area contributed by atoms with Gasteiger partial charge in [0, 0.05) is 38.5 Å². The van der Waals surface area contributed by atoms with Crippen LogP contribution in [0.5, 0.6) is 5.75 Å². The Kier molecular flexibility index (Phi) is 6.72. The Bertz CT molecular complexity index is 643. The molecule has 0 spiro atoms. The molecule has 6 nitrogen and oxygen atoms in total. The van der Waals surface area contributed by atoms with Crippen LogP contribution in [0.15, 0.2) is 24.3 Å². The topological polar surface area (TPSA) is 61.9 Å². The molecule has 2 heterocycles. The van der Waals surface area contributed by atoms with Crippen LogP contribution in [0.4, 0.5) is 0 Å². The maximum Gasteiger partial charge on any atom is 0.225 e. The Balaban J connectivity index is 1.46. The number of ether oxygens (including phenoxy) is 1. The normalized spacial score (nSPS) is 19.2. The third kappa shape index (κ3) is 5.01. The molecule has 2 aliphatic rings. The molecule has 0 aliphatic carbocycles. The standard InChI is InChI=1S/C21H31N3O3/c1-16(18-14-22-15-18)21(26)24-11-3-10-23(12-13-24)20(25)9-6-17-4-7-19(27-2)8-5-17/h4-5,7-8,16,18,22H,3,6,9-15H2,1-2H3. The van der Waals surface area contributed by atoms with E-state index in [0.29, 0.717) is 25.4 Å². The molecule has 0 saturated carbocycles. The Morgan fingerprint density at radius 2 is 1.78 bits per heavy atom. The lowest BCUT2D eigenvalue weighted by molar-refractivity contribution is -0.138. The van der Waals surface area contributed by atoms with Crippen molar-refractivity contribution in [3.63, 3.8) is 0 Å². The van der Waals surface area contributed by atoms with Gasteiger partial charge in [0.15, 0.2) is 0 Å². The first-order chi connectivity index (χ1) is 13.1. The summed E-state index contributed by atoms with van der Waals surface area (Å²) in [5, 5.41) is 3.24. The van der Waals surface area contributed by atoms with E-state index in [4.69, 9.17) is 4.74 Å². The SMILES string of the molecule is COc1ccc(CCC(=O)N2CCCN(C(=O)C(C)C3CNC3)CC2)cc1. The molecule has 2 saturated heterocycles. The van der Waals surface area contributed by atoms with Gasteiger partial charge in [-0.2, -0.15) is 0 Å². The molecule has 2 fully saturated rings. The number of nitrogens with zero attached hydrogens (tertiary/aromatic N) is 2. The van der Waals surface area contributed by atoms with Crippen LogP contribution < -0.4 is 10.1 Å². The summed E-state index contributed by atoms with van der Waals surface area (Å²) < 4.78 is 5.16. The molecule has 148 valence electrons. The minimum atomic E-state index is 0.0728. The molecular weight excluding hydrogens is 342 g/mol. The zero-order chi connectivity index (χ0) is 19.2. The summed E-state index contributed by atoms with van der Waals surface area (Å²) in [6.07, 6.45) is 2.09. The summed E-state index contributed by atoms with van der Waals surface area (Å²) in [5.41, 5.74) is 1.14. The van der Waals surface area contributed by atoms with Crippen molar-refractivity contribution in [1.82, 2.24) is 15.1 Å². The number of carbonyl (C=O) groups is 2. The van der Waals surface area contributed by atoms with Crippen LogP contribution in [-0.2, 0) is 16.0 Å². The van der Waals surface area contributed by atoms with Crippen molar-refractivity contribution in [2.45, 2.75) is 26.2 Å². The summed E-state index contributed by atoms with van der Waals surface area (Å²) in [6.45, 7) is 6.71. The van der Waals surface area contributed by atoms with Gasteiger partial charge in [-0.25, -0.2) is 0 Å². The van der Waals surface area contributed by atoms with Crippen molar-refractivity contribution in [2.24, 2.45) is 11.8 Å². The quantitative estimate of drug-likeness (QED) is 0.822. The first kappa shape index (κ1) is 19.7. The van der Waals surface area contributed by atoms with Crippen LogP contribution in [0, 0.1) is 11.8 Å². The van der Waals surface area contributed by atoms with E-state index in [-0.39, 0.29) is 17.7 Å². The Morgan fingerprint density at radius 3 is 2.41 bits per heavy atom. The van der Waals surface area contributed by atoms with Crippen LogP contribution in [-0.4, -0.2) is 68.0 Å². The molecule has 2 aliphatic heterocycles. The summed E-state index contributed by atoms with van der Waals surface area (Å²) in [6, 6.07) is 7.86. The molecule has 1 N–H and O–H groups in total. The smallest absolute Gasteiger partial charge is 0.225 e. The van der Waals surface area contributed by atoms with Gasteiger partial charge in [0.1, 0.15) is 5.75 Å². The highest BCUT2D eigenvalue weighted by Crippen LogP contribution is 2.20. The van der Waals surface area contributed by atoms with Crippen LogP contribution in [0.3, 0.4) is 0 Å². The van der Waals surface area contributed by atoms with Gasteiger partial charge < -0.3 is 19.9 Å². The third-order valence-corrected chi connectivity index (χ3v) is 5.86. The molecule has 3 rings (SSSR count). The fourth-order valence-electron chi connectivity index (χ4n) is 3.74. The van der Waals surface area contributed by atoms with Crippen molar-refractivity contribution in [2.75, 3.05) is 46.4 Å². The number of hydrogen-bond donors (Lipinski definition) is 1. The minimum absolute atomic E-state index is 0.0728. The Labute approximate surface area is 161 Å². The van der Waals surface area contributed by atoms with Gasteiger partial charge in [-0.05, 0) is 49.5 Å². The van der Waals surface area contributed by atoms with E-state index in [9.17, 15) is 9.59 Å². The molecule has 1 aromatic rings. The second-order valence-corrected chi connectivity index (χ2v) is 7.61. The van der Waals surface area contributed by atoms with E-state index in [0.717, 1.165) is 50.3 Å². The largest absolute Gasteiger partial charge is 0.497 e. The highest BCUT2D eigenvalue weighted by molar-refractivity contribution is 5.79. The second kappa shape index (κ2) is 9.22. The molecule has 2 amide bonds. The summed E-state index contributed by atoms with van der Waals surface area (Å²) >= 11 is 0. The lowest BCUT2D eigenvalue weighted by Gasteiger charge is -2.34. The zero-order valence-corrected chi connectivity index (χ0v) is 16.4. The molecule has 27 heavy (non-hydrogen) atoms. The van der Waals surface area contributed by atoms with E-state index < -0.39 is 0 Å². The fourth-order valence-corrected chi connectivity index (χ4v) is 3.74. The van der Waals surface area contributed by atoms with Crippen molar-refractivity contribution in [3.8, 4) is 5.75 Å². The second-order valence-electron chi connectivity index (χ2n) is 7.61. The number of aryl methyl sites for hydroxylation is 1. The number of carbonyl (C=O) groups excluding carboxylic acids is 2. The monoisotopic (exact) mass is 373 g/mol. The van der Waals surface area contributed by atoms with E-state index in [1.54, 1.807) is 7.11 Å². The number of methoxy groups -OCH3 is 1. The lowest BCUT2D eigenvalue weighted by atomic mass is 9.88. The fraction of sp³-hybridized carbons (Fsp3) is 0.619. The lowest BCUT2D eigenvalue weighted by Crippen LogP contribution is -2.51.